The highest BCUT2D eigenvalue weighted by molar-refractivity contribution is 5.98. The van der Waals surface area contributed by atoms with Gasteiger partial charge in [0.05, 0.1) is 17.9 Å². The van der Waals surface area contributed by atoms with Crippen molar-refractivity contribution >= 4 is 23.1 Å². The fraction of sp³-hybridized carbons (Fsp3) is 0.370. The third kappa shape index (κ3) is 6.21. The molecule has 3 aromatic rings. The number of carbonyl (C=O) groups is 1. The van der Waals surface area contributed by atoms with Gasteiger partial charge in [-0.1, -0.05) is 38.1 Å². The van der Waals surface area contributed by atoms with Gasteiger partial charge in [-0.3, -0.25) is 14.2 Å². The number of aliphatic hydroxyl groups excluding tert-OH is 2. The topological polar surface area (TPSA) is 113 Å². The maximum absolute atomic E-state index is 13.7. The Kier molecular flexibility index (Phi) is 8.53. The SMILES string of the molecule is CCn1c(=O)ccc2c(-c3ccc(F)cc3)c(/C=C/C(O)CC(O)CCC(=O)O)c(C(C)C)nc21. The Labute approximate surface area is 203 Å². The third-order valence-corrected chi connectivity index (χ3v) is 5.88. The standard InChI is InChI=1S/C27H31FN2O5/c1-4-30-23(33)13-12-22-25(17-5-7-18(28)8-6-17)21(26(16(2)3)29-27(22)30)11-9-19(31)15-20(32)10-14-24(34)35/h5-9,11-13,16,19-20,31-32H,4,10,14-15H2,1-3H3,(H,34,35)/b11-9+. The third-order valence-electron chi connectivity index (χ3n) is 5.88. The van der Waals surface area contributed by atoms with Crippen LogP contribution in [0.25, 0.3) is 28.2 Å². The van der Waals surface area contributed by atoms with Crippen LogP contribution in [-0.2, 0) is 11.3 Å². The molecule has 0 spiro atoms. The number of hydrogen-bond acceptors (Lipinski definition) is 5. The van der Waals surface area contributed by atoms with Crippen molar-refractivity contribution in [3.05, 3.63) is 69.9 Å². The number of pyridine rings is 2. The first-order valence-corrected chi connectivity index (χ1v) is 11.7. The molecule has 2 atom stereocenters. The number of rotatable bonds is 10. The number of aromatic nitrogens is 2. The van der Waals surface area contributed by atoms with E-state index in [0.29, 0.717) is 17.9 Å². The summed E-state index contributed by atoms with van der Waals surface area (Å²) < 4.78 is 15.3. The van der Waals surface area contributed by atoms with Crippen molar-refractivity contribution < 1.29 is 24.5 Å². The molecule has 7 nitrogen and oxygen atoms in total. The second-order valence-corrected chi connectivity index (χ2v) is 8.85. The summed E-state index contributed by atoms with van der Waals surface area (Å²) in [6.07, 6.45) is 1.16. The zero-order valence-electron chi connectivity index (χ0n) is 20.1. The summed E-state index contributed by atoms with van der Waals surface area (Å²) in [7, 11) is 0. The minimum atomic E-state index is -1.01. The second kappa shape index (κ2) is 11.4. The largest absolute Gasteiger partial charge is 0.481 e. The second-order valence-electron chi connectivity index (χ2n) is 8.85. The average molecular weight is 483 g/mol. The van der Waals surface area contributed by atoms with Gasteiger partial charge < -0.3 is 15.3 Å². The zero-order valence-corrected chi connectivity index (χ0v) is 20.1. The number of halogens is 1. The van der Waals surface area contributed by atoms with Crippen LogP contribution in [0.15, 0.2) is 47.3 Å². The highest BCUT2D eigenvalue weighted by Crippen LogP contribution is 2.36. The summed E-state index contributed by atoms with van der Waals surface area (Å²) in [6.45, 7) is 6.26. The predicted molar refractivity (Wildman–Crippen MR) is 134 cm³/mol. The lowest BCUT2D eigenvalue weighted by Crippen LogP contribution is -2.20. The van der Waals surface area contributed by atoms with E-state index in [9.17, 15) is 24.2 Å². The van der Waals surface area contributed by atoms with E-state index in [0.717, 1.165) is 22.1 Å². The molecule has 2 aromatic heterocycles. The molecule has 35 heavy (non-hydrogen) atoms. The summed E-state index contributed by atoms with van der Waals surface area (Å²) in [6, 6.07) is 9.26. The molecule has 3 rings (SSSR count). The number of carboxylic acids is 1. The van der Waals surface area contributed by atoms with Crippen LogP contribution in [0.4, 0.5) is 4.39 Å². The normalized spacial score (nSPS) is 13.6. The number of aliphatic carboxylic acids is 1. The van der Waals surface area contributed by atoms with Crippen molar-refractivity contribution in [2.75, 3.05) is 0 Å². The van der Waals surface area contributed by atoms with Gasteiger partial charge in [0.2, 0.25) is 0 Å². The van der Waals surface area contributed by atoms with Gasteiger partial charge in [-0.2, -0.15) is 0 Å². The van der Waals surface area contributed by atoms with Gasteiger partial charge in [0, 0.05) is 42.0 Å². The number of benzene rings is 1. The van der Waals surface area contributed by atoms with Gasteiger partial charge in [0.15, 0.2) is 0 Å². The predicted octanol–water partition coefficient (Wildman–Crippen LogP) is 4.34. The molecule has 0 fully saturated rings. The van der Waals surface area contributed by atoms with E-state index in [4.69, 9.17) is 10.1 Å². The van der Waals surface area contributed by atoms with Gasteiger partial charge in [-0.15, -0.1) is 0 Å². The number of carboxylic acid groups (broad SMARTS) is 1. The number of aliphatic hydroxyl groups is 2. The van der Waals surface area contributed by atoms with Gasteiger partial charge in [-0.25, -0.2) is 9.37 Å². The van der Waals surface area contributed by atoms with Crippen molar-refractivity contribution in [1.29, 1.82) is 0 Å². The van der Waals surface area contributed by atoms with Gasteiger partial charge >= 0.3 is 5.97 Å². The molecular formula is C27H31FN2O5. The maximum Gasteiger partial charge on any atom is 0.303 e. The van der Waals surface area contributed by atoms with Crippen LogP contribution >= 0.6 is 0 Å². The molecule has 0 saturated carbocycles. The Balaban J connectivity index is 2.18. The molecule has 3 N–H and O–H groups in total. The lowest BCUT2D eigenvalue weighted by molar-refractivity contribution is -0.137. The average Bonchev–Trinajstić information content (AvgIpc) is 2.81. The van der Waals surface area contributed by atoms with E-state index in [1.807, 2.05) is 20.8 Å². The lowest BCUT2D eigenvalue weighted by atomic mass is 9.91. The molecule has 186 valence electrons. The van der Waals surface area contributed by atoms with Gasteiger partial charge in [-0.05, 0) is 43.0 Å². The maximum atomic E-state index is 13.7. The Morgan fingerprint density at radius 1 is 1.14 bits per heavy atom. The number of fused-ring (bicyclic) bond motifs is 1. The molecule has 0 aliphatic rings. The minimum absolute atomic E-state index is 0.0109. The molecule has 0 aliphatic heterocycles. The summed E-state index contributed by atoms with van der Waals surface area (Å²) in [4.78, 5) is 28.1. The van der Waals surface area contributed by atoms with Crippen LogP contribution in [-0.4, -0.2) is 43.0 Å². The molecule has 2 heterocycles. The van der Waals surface area contributed by atoms with Crippen molar-refractivity contribution in [1.82, 2.24) is 9.55 Å². The van der Waals surface area contributed by atoms with Crippen molar-refractivity contribution in [3.8, 4) is 11.1 Å². The van der Waals surface area contributed by atoms with Crippen molar-refractivity contribution in [2.24, 2.45) is 0 Å². The Bertz CT molecular complexity index is 1280. The molecular weight excluding hydrogens is 451 g/mol. The van der Waals surface area contributed by atoms with Crippen LogP contribution in [0.2, 0.25) is 0 Å². The van der Waals surface area contributed by atoms with Crippen LogP contribution in [0.1, 0.15) is 57.2 Å². The fourth-order valence-corrected chi connectivity index (χ4v) is 4.15. The first-order chi connectivity index (χ1) is 16.6. The van der Waals surface area contributed by atoms with E-state index in [-0.39, 0.29) is 36.6 Å². The Morgan fingerprint density at radius 2 is 1.83 bits per heavy atom. The minimum Gasteiger partial charge on any atom is -0.481 e. The highest BCUT2D eigenvalue weighted by atomic mass is 19.1. The molecule has 8 heteroatoms. The van der Waals surface area contributed by atoms with Crippen molar-refractivity contribution in [3.63, 3.8) is 0 Å². The van der Waals surface area contributed by atoms with Crippen molar-refractivity contribution in [2.45, 2.75) is 64.7 Å². The molecule has 0 saturated heterocycles. The highest BCUT2D eigenvalue weighted by Gasteiger charge is 2.20. The molecule has 1 aromatic carbocycles. The monoisotopic (exact) mass is 482 g/mol. The first kappa shape index (κ1) is 26.2. The molecule has 0 radical (unpaired) electrons. The van der Waals surface area contributed by atoms with Crippen LogP contribution in [0.5, 0.6) is 0 Å². The van der Waals surface area contributed by atoms with Crippen LogP contribution in [0.3, 0.4) is 0 Å². The van der Waals surface area contributed by atoms with Crippen LogP contribution in [0, 0.1) is 5.82 Å². The number of nitrogens with zero attached hydrogens (tertiary/aromatic N) is 2. The Hall–Kier alpha value is -3.36. The number of hydrogen-bond donors (Lipinski definition) is 3. The quantitative estimate of drug-likeness (QED) is 0.396. The molecule has 2 unspecified atom stereocenters. The van der Waals surface area contributed by atoms with E-state index >= 15 is 0 Å². The summed E-state index contributed by atoms with van der Waals surface area (Å²) in [5.74, 6) is -1.41. The lowest BCUT2D eigenvalue weighted by Gasteiger charge is -2.20. The van der Waals surface area contributed by atoms with E-state index in [1.54, 1.807) is 34.9 Å². The van der Waals surface area contributed by atoms with Gasteiger partial charge in [0.25, 0.3) is 5.56 Å². The van der Waals surface area contributed by atoms with E-state index in [1.165, 1.54) is 18.2 Å². The van der Waals surface area contributed by atoms with E-state index in [2.05, 4.69) is 0 Å². The van der Waals surface area contributed by atoms with Crippen LogP contribution < -0.4 is 5.56 Å². The molecule has 0 amide bonds. The summed E-state index contributed by atoms with van der Waals surface area (Å²) in [5.41, 5.74) is 3.29. The first-order valence-electron chi connectivity index (χ1n) is 11.7. The Morgan fingerprint density at radius 3 is 2.43 bits per heavy atom. The zero-order chi connectivity index (χ0) is 25.7. The molecule has 0 bridgehead atoms. The smallest absolute Gasteiger partial charge is 0.303 e. The van der Waals surface area contributed by atoms with E-state index < -0.39 is 18.2 Å². The molecule has 0 aliphatic carbocycles. The number of aryl methyl sites for hydroxylation is 1. The fourth-order valence-electron chi connectivity index (χ4n) is 4.15. The summed E-state index contributed by atoms with van der Waals surface area (Å²) >= 11 is 0. The summed E-state index contributed by atoms with van der Waals surface area (Å²) in [5, 5.41) is 30.1. The van der Waals surface area contributed by atoms with Gasteiger partial charge in [0.1, 0.15) is 11.5 Å².